The normalized spacial score (nSPS) is 9.50. The van der Waals surface area contributed by atoms with Crippen LogP contribution in [0, 0.1) is 6.92 Å². The van der Waals surface area contributed by atoms with E-state index < -0.39 is 0 Å². The molecule has 0 fully saturated rings. The van der Waals surface area contributed by atoms with E-state index in [1.807, 2.05) is 18.2 Å². The predicted molar refractivity (Wildman–Crippen MR) is 74.7 cm³/mol. The third-order valence-electron chi connectivity index (χ3n) is 1.89. The summed E-state index contributed by atoms with van der Waals surface area (Å²) >= 11 is -0.349. The average Bonchev–Trinajstić information content (AvgIpc) is 2.39. The fraction of sp³-hybridized carbons (Fsp3) is 0.538. The van der Waals surface area contributed by atoms with E-state index in [-0.39, 0.29) is 17.3 Å². The van der Waals surface area contributed by atoms with Crippen molar-refractivity contribution in [1.29, 1.82) is 0 Å². The first-order valence-electron chi connectivity index (χ1n) is 5.85. The van der Waals surface area contributed by atoms with Gasteiger partial charge in [0.05, 0.1) is 13.2 Å². The Bertz CT molecular complexity index is 254. The molecular formula is C13H24AlO4. The smallest absolute Gasteiger partial charge is 0.482 e. The second-order valence-electron chi connectivity index (χ2n) is 3.48. The molecule has 5 heteroatoms. The maximum absolute atomic E-state index is 5.10. The van der Waals surface area contributed by atoms with Crippen LogP contribution in [0.15, 0.2) is 30.3 Å². The molecule has 0 unspecified atom stereocenters. The fourth-order valence-electron chi connectivity index (χ4n) is 0.942. The number of hydrogen-bond donors (Lipinski definition) is 0. The zero-order valence-electron chi connectivity index (χ0n) is 11.4. The lowest BCUT2D eigenvalue weighted by Gasteiger charge is -2.02. The molecule has 0 heterocycles. The predicted octanol–water partition coefficient (Wildman–Crippen LogP) is 2.09. The molecule has 0 amide bonds. The van der Waals surface area contributed by atoms with Gasteiger partial charge in [-0.3, -0.25) is 0 Å². The van der Waals surface area contributed by atoms with Crippen LogP contribution in [0.25, 0.3) is 0 Å². The molecule has 0 spiro atoms. The standard InChI is InChI=1S/C7H8.2C3H7O2.Al.H2/c1-7-5-3-2-4-6-7;2*1-5-3-2-4;;/h2-6H,1H3;2*2-3H2,1H3;;1H/q;2*-1;+2;. The van der Waals surface area contributed by atoms with Gasteiger partial charge in [-0.2, -0.15) is 0 Å². The summed E-state index contributed by atoms with van der Waals surface area (Å²) in [6.45, 7) is 4.55. The van der Waals surface area contributed by atoms with Crippen molar-refractivity contribution in [3.8, 4) is 0 Å². The molecule has 0 saturated heterocycles. The highest BCUT2D eigenvalue weighted by Crippen LogP contribution is 1.92. The fourth-order valence-corrected chi connectivity index (χ4v) is 1.42. The molecule has 0 aliphatic rings. The van der Waals surface area contributed by atoms with E-state index in [0.29, 0.717) is 26.4 Å². The molecule has 1 rings (SSSR count). The summed E-state index contributed by atoms with van der Waals surface area (Å²) in [5, 5.41) is 0. The Morgan fingerprint density at radius 2 is 1.39 bits per heavy atom. The van der Waals surface area contributed by atoms with Gasteiger partial charge >= 0.3 is 15.9 Å². The lowest BCUT2D eigenvalue weighted by molar-refractivity contribution is 0.110. The molecule has 0 N–H and O–H groups in total. The van der Waals surface area contributed by atoms with E-state index in [1.54, 1.807) is 14.2 Å². The van der Waals surface area contributed by atoms with Crippen LogP contribution in [0.2, 0.25) is 0 Å². The zero-order chi connectivity index (χ0) is 13.5. The Kier molecular flexibility index (Phi) is 14.3. The van der Waals surface area contributed by atoms with Gasteiger partial charge in [0.15, 0.2) is 0 Å². The molecule has 0 bridgehead atoms. The van der Waals surface area contributed by atoms with Crippen molar-refractivity contribution in [2.75, 3.05) is 40.6 Å². The number of rotatable bonds is 8. The molecule has 0 atom stereocenters. The molecule has 1 aromatic carbocycles. The highest BCUT2D eigenvalue weighted by Gasteiger charge is 1.95. The maximum atomic E-state index is 5.10. The van der Waals surface area contributed by atoms with Crippen molar-refractivity contribution in [1.82, 2.24) is 0 Å². The van der Waals surface area contributed by atoms with E-state index in [1.165, 1.54) is 5.56 Å². The van der Waals surface area contributed by atoms with Crippen molar-refractivity contribution in [2.45, 2.75) is 6.92 Å². The van der Waals surface area contributed by atoms with E-state index in [9.17, 15) is 0 Å². The molecule has 0 saturated carbocycles. The minimum absolute atomic E-state index is 0. The Hall–Kier alpha value is -0.408. The van der Waals surface area contributed by atoms with Crippen LogP contribution in [-0.2, 0) is 17.1 Å². The molecular weight excluding hydrogens is 247 g/mol. The van der Waals surface area contributed by atoms with Crippen molar-refractivity contribution in [2.24, 2.45) is 0 Å². The third kappa shape index (κ3) is 13.7. The van der Waals surface area contributed by atoms with Crippen LogP contribution in [0.3, 0.4) is 0 Å². The monoisotopic (exact) mass is 271 g/mol. The average molecular weight is 271 g/mol. The van der Waals surface area contributed by atoms with Crippen molar-refractivity contribution < 1.29 is 18.5 Å². The van der Waals surface area contributed by atoms with E-state index >= 15 is 0 Å². The molecule has 103 valence electrons. The summed E-state index contributed by atoms with van der Waals surface area (Å²) in [4.78, 5) is 0. The summed E-state index contributed by atoms with van der Waals surface area (Å²) in [6, 6.07) is 10.3. The number of hydrogen-bond acceptors (Lipinski definition) is 4. The summed E-state index contributed by atoms with van der Waals surface area (Å²) in [5.41, 5.74) is 1.32. The van der Waals surface area contributed by atoms with E-state index in [0.717, 1.165) is 0 Å². The lowest BCUT2D eigenvalue weighted by atomic mass is 10.2. The summed E-state index contributed by atoms with van der Waals surface area (Å²) in [6.07, 6.45) is 0. The number of aryl methyl sites for hydroxylation is 1. The van der Waals surface area contributed by atoms with Gasteiger partial charge in [0, 0.05) is 28.9 Å². The zero-order valence-corrected chi connectivity index (χ0v) is 12.6. The first-order chi connectivity index (χ1) is 8.81. The molecule has 0 aromatic heterocycles. The summed E-state index contributed by atoms with van der Waals surface area (Å²) in [5.74, 6) is 0. The van der Waals surface area contributed by atoms with Crippen molar-refractivity contribution >= 4 is 15.9 Å². The SMILES string of the molecule is COCC[O][Al][O]CCOC.Cc1ccccc1.[HH]. The van der Waals surface area contributed by atoms with Crippen LogP contribution in [0.4, 0.5) is 0 Å². The number of methoxy groups -OCH3 is 2. The topological polar surface area (TPSA) is 36.9 Å². The maximum Gasteiger partial charge on any atom is 0.668 e. The van der Waals surface area contributed by atoms with Gasteiger partial charge in [0.25, 0.3) is 0 Å². The van der Waals surface area contributed by atoms with Gasteiger partial charge in [-0.1, -0.05) is 35.9 Å². The van der Waals surface area contributed by atoms with Gasteiger partial charge < -0.3 is 17.1 Å². The summed E-state index contributed by atoms with van der Waals surface area (Å²) < 4.78 is 19.8. The van der Waals surface area contributed by atoms with Crippen LogP contribution < -0.4 is 0 Å². The molecule has 1 radical (unpaired) electrons. The Balaban J connectivity index is 0. The lowest BCUT2D eigenvalue weighted by Crippen LogP contribution is -2.12. The second-order valence-corrected chi connectivity index (χ2v) is 4.34. The van der Waals surface area contributed by atoms with Crippen LogP contribution >= 0.6 is 0 Å². The van der Waals surface area contributed by atoms with Gasteiger partial charge in [-0.25, -0.2) is 0 Å². The molecule has 1 aromatic rings. The van der Waals surface area contributed by atoms with Crippen molar-refractivity contribution in [3.05, 3.63) is 35.9 Å². The van der Waals surface area contributed by atoms with E-state index in [2.05, 4.69) is 19.1 Å². The highest BCUT2D eigenvalue weighted by molar-refractivity contribution is 6.17. The molecule has 4 nitrogen and oxygen atoms in total. The first-order valence-corrected chi connectivity index (χ1v) is 6.80. The van der Waals surface area contributed by atoms with Gasteiger partial charge in [-0.05, 0) is 6.92 Å². The largest absolute Gasteiger partial charge is 0.668 e. The van der Waals surface area contributed by atoms with Crippen LogP contribution in [-0.4, -0.2) is 56.5 Å². The number of ether oxygens (including phenoxy) is 2. The second kappa shape index (κ2) is 14.7. The van der Waals surface area contributed by atoms with E-state index in [4.69, 9.17) is 17.1 Å². The first kappa shape index (κ1) is 17.6. The quantitative estimate of drug-likeness (QED) is 0.536. The van der Waals surface area contributed by atoms with Gasteiger partial charge in [-0.15, -0.1) is 0 Å². The minimum Gasteiger partial charge on any atom is -0.482 e. The molecule has 0 aliphatic carbocycles. The Labute approximate surface area is 118 Å². The molecule has 0 aliphatic heterocycles. The summed E-state index contributed by atoms with van der Waals surface area (Å²) in [7, 11) is 3.29. The Morgan fingerprint density at radius 3 is 1.72 bits per heavy atom. The minimum atomic E-state index is -0.349. The Morgan fingerprint density at radius 1 is 0.889 bits per heavy atom. The van der Waals surface area contributed by atoms with Crippen LogP contribution in [0.1, 0.15) is 6.99 Å². The number of benzene rings is 1. The molecule has 18 heavy (non-hydrogen) atoms. The third-order valence-corrected chi connectivity index (χ3v) is 2.63. The highest BCUT2D eigenvalue weighted by atomic mass is 27.2. The van der Waals surface area contributed by atoms with Gasteiger partial charge in [0.1, 0.15) is 0 Å². The van der Waals surface area contributed by atoms with Crippen LogP contribution in [0.5, 0.6) is 0 Å². The van der Waals surface area contributed by atoms with Gasteiger partial charge in [0.2, 0.25) is 0 Å². The van der Waals surface area contributed by atoms with Crippen molar-refractivity contribution in [3.63, 3.8) is 0 Å².